The molecule has 1 unspecified atom stereocenters. The van der Waals surface area contributed by atoms with Gasteiger partial charge in [-0.2, -0.15) is 0 Å². The second kappa shape index (κ2) is 6.58. The molecule has 2 heteroatoms. The molecule has 90 valence electrons. The summed E-state index contributed by atoms with van der Waals surface area (Å²) in [7, 11) is 0. The van der Waals surface area contributed by atoms with E-state index in [9.17, 15) is 0 Å². The molecule has 2 aromatic rings. The van der Waals surface area contributed by atoms with Gasteiger partial charge in [0.25, 0.3) is 0 Å². The predicted octanol–water partition coefficient (Wildman–Crippen LogP) is 2.78. The smallest absolute Gasteiger partial charge is 0.0584 e. The molecule has 18 heavy (non-hydrogen) atoms. The van der Waals surface area contributed by atoms with E-state index >= 15 is 0 Å². The van der Waals surface area contributed by atoms with Crippen LogP contribution in [-0.2, 0) is 0 Å². The number of nitrogens with one attached hydrogen (secondary N) is 1. The summed E-state index contributed by atoms with van der Waals surface area (Å²) in [6, 6.07) is 14.3. The standard InChI is InChI=1S/C16H16N2/c1-14(16-9-12-17-13-10-16)18-11-5-8-15-6-3-2-4-7-15/h2-4,6-7,9-10,12-14,18H,11H2,1H3. The average Bonchev–Trinajstić information content (AvgIpc) is 2.45. The van der Waals surface area contributed by atoms with Gasteiger partial charge in [-0.3, -0.25) is 10.3 Å². The van der Waals surface area contributed by atoms with Crippen molar-refractivity contribution in [2.75, 3.05) is 6.54 Å². The van der Waals surface area contributed by atoms with Crippen LogP contribution < -0.4 is 5.32 Å². The Labute approximate surface area is 108 Å². The number of hydrogen-bond donors (Lipinski definition) is 1. The van der Waals surface area contributed by atoms with Gasteiger partial charge in [-0.15, -0.1) is 0 Å². The van der Waals surface area contributed by atoms with Crippen molar-refractivity contribution in [1.29, 1.82) is 0 Å². The van der Waals surface area contributed by atoms with Gasteiger partial charge in [-0.05, 0) is 36.8 Å². The zero-order valence-electron chi connectivity index (χ0n) is 10.4. The summed E-state index contributed by atoms with van der Waals surface area (Å²) in [5.74, 6) is 6.25. The van der Waals surface area contributed by atoms with E-state index in [1.165, 1.54) is 5.56 Å². The van der Waals surface area contributed by atoms with Crippen molar-refractivity contribution >= 4 is 0 Å². The molecule has 0 saturated heterocycles. The molecule has 1 N–H and O–H groups in total. The molecule has 0 radical (unpaired) electrons. The van der Waals surface area contributed by atoms with Crippen LogP contribution in [0, 0.1) is 11.8 Å². The average molecular weight is 236 g/mol. The summed E-state index contributed by atoms with van der Waals surface area (Å²) in [6.45, 7) is 2.80. The second-order valence-corrected chi connectivity index (χ2v) is 4.05. The minimum atomic E-state index is 0.290. The lowest BCUT2D eigenvalue weighted by atomic mass is 10.1. The SMILES string of the molecule is CC(NCC#Cc1ccccc1)c1ccncc1. The zero-order valence-corrected chi connectivity index (χ0v) is 10.4. The number of pyridine rings is 1. The van der Waals surface area contributed by atoms with Gasteiger partial charge in [-0.25, -0.2) is 0 Å². The maximum Gasteiger partial charge on any atom is 0.0584 e. The van der Waals surface area contributed by atoms with Crippen LogP contribution in [0.4, 0.5) is 0 Å². The Morgan fingerprint density at radius 2 is 1.83 bits per heavy atom. The highest BCUT2D eigenvalue weighted by atomic mass is 14.9. The van der Waals surface area contributed by atoms with Crippen molar-refractivity contribution in [3.63, 3.8) is 0 Å². The fraction of sp³-hybridized carbons (Fsp3) is 0.188. The molecule has 0 aliphatic heterocycles. The normalized spacial score (nSPS) is 11.4. The first-order valence-corrected chi connectivity index (χ1v) is 6.03. The fourth-order valence-electron chi connectivity index (χ4n) is 1.64. The lowest BCUT2D eigenvalue weighted by molar-refractivity contribution is 0.622. The van der Waals surface area contributed by atoms with Gasteiger partial charge >= 0.3 is 0 Å². The highest BCUT2D eigenvalue weighted by Gasteiger charge is 2.01. The van der Waals surface area contributed by atoms with E-state index in [1.807, 2.05) is 54.9 Å². The molecular formula is C16H16N2. The van der Waals surface area contributed by atoms with Gasteiger partial charge in [0.05, 0.1) is 6.54 Å². The highest BCUT2D eigenvalue weighted by molar-refractivity contribution is 5.33. The van der Waals surface area contributed by atoms with Gasteiger partial charge < -0.3 is 0 Å². The summed E-state index contributed by atoms with van der Waals surface area (Å²) in [5.41, 5.74) is 2.28. The number of benzene rings is 1. The Kier molecular flexibility index (Phi) is 4.52. The Bertz CT molecular complexity index is 523. The van der Waals surface area contributed by atoms with Crippen LogP contribution in [0.15, 0.2) is 54.9 Å². The van der Waals surface area contributed by atoms with E-state index in [0.717, 1.165) is 5.56 Å². The van der Waals surface area contributed by atoms with E-state index in [-0.39, 0.29) is 6.04 Å². The van der Waals surface area contributed by atoms with Crippen molar-refractivity contribution in [2.45, 2.75) is 13.0 Å². The minimum Gasteiger partial charge on any atom is -0.300 e. The van der Waals surface area contributed by atoms with Gasteiger partial charge in [0.2, 0.25) is 0 Å². The predicted molar refractivity (Wildman–Crippen MR) is 74.0 cm³/mol. The monoisotopic (exact) mass is 236 g/mol. The Morgan fingerprint density at radius 3 is 2.56 bits per heavy atom. The summed E-state index contributed by atoms with van der Waals surface area (Å²) in [4.78, 5) is 4.01. The van der Waals surface area contributed by atoms with E-state index < -0.39 is 0 Å². The molecule has 0 spiro atoms. The molecule has 1 aromatic carbocycles. The summed E-state index contributed by atoms with van der Waals surface area (Å²) in [5, 5.41) is 3.37. The fourth-order valence-corrected chi connectivity index (χ4v) is 1.64. The molecule has 0 fully saturated rings. The number of aromatic nitrogens is 1. The first kappa shape index (κ1) is 12.3. The van der Waals surface area contributed by atoms with Crippen molar-refractivity contribution in [1.82, 2.24) is 10.3 Å². The van der Waals surface area contributed by atoms with Gasteiger partial charge in [0, 0.05) is 24.0 Å². The van der Waals surface area contributed by atoms with Crippen molar-refractivity contribution in [3.05, 3.63) is 66.0 Å². The lowest BCUT2D eigenvalue weighted by Gasteiger charge is -2.11. The molecule has 0 aliphatic carbocycles. The van der Waals surface area contributed by atoms with E-state index in [1.54, 1.807) is 0 Å². The topological polar surface area (TPSA) is 24.9 Å². The quantitative estimate of drug-likeness (QED) is 0.829. The van der Waals surface area contributed by atoms with Gasteiger partial charge in [-0.1, -0.05) is 30.0 Å². The summed E-state index contributed by atoms with van der Waals surface area (Å²) in [6.07, 6.45) is 3.62. The van der Waals surface area contributed by atoms with Crippen LogP contribution >= 0.6 is 0 Å². The van der Waals surface area contributed by atoms with E-state index in [4.69, 9.17) is 0 Å². The highest BCUT2D eigenvalue weighted by Crippen LogP contribution is 2.09. The largest absolute Gasteiger partial charge is 0.300 e. The molecule has 2 nitrogen and oxygen atoms in total. The van der Waals surface area contributed by atoms with Crippen LogP contribution in [0.2, 0.25) is 0 Å². The summed E-state index contributed by atoms with van der Waals surface area (Å²) >= 11 is 0. The Morgan fingerprint density at radius 1 is 1.11 bits per heavy atom. The number of hydrogen-bond acceptors (Lipinski definition) is 2. The molecule has 0 aliphatic rings. The first-order chi connectivity index (χ1) is 8.86. The molecule has 0 bridgehead atoms. The van der Waals surface area contributed by atoms with E-state index in [0.29, 0.717) is 6.54 Å². The maximum absolute atomic E-state index is 4.01. The molecule has 1 aromatic heterocycles. The lowest BCUT2D eigenvalue weighted by Crippen LogP contribution is -2.18. The van der Waals surface area contributed by atoms with Crippen LogP contribution in [0.5, 0.6) is 0 Å². The third-order valence-corrected chi connectivity index (χ3v) is 2.71. The number of rotatable bonds is 3. The van der Waals surface area contributed by atoms with Crippen molar-refractivity contribution in [3.8, 4) is 11.8 Å². The zero-order chi connectivity index (χ0) is 12.6. The van der Waals surface area contributed by atoms with Crippen molar-refractivity contribution < 1.29 is 0 Å². The van der Waals surface area contributed by atoms with Gasteiger partial charge in [0.15, 0.2) is 0 Å². The van der Waals surface area contributed by atoms with Crippen LogP contribution in [0.1, 0.15) is 24.1 Å². The number of nitrogens with zero attached hydrogens (tertiary/aromatic N) is 1. The van der Waals surface area contributed by atoms with Gasteiger partial charge in [0.1, 0.15) is 0 Å². The third kappa shape index (κ3) is 3.73. The third-order valence-electron chi connectivity index (χ3n) is 2.71. The minimum absolute atomic E-state index is 0.290. The Hall–Kier alpha value is -2.11. The molecular weight excluding hydrogens is 220 g/mol. The maximum atomic E-state index is 4.01. The Balaban J connectivity index is 1.85. The first-order valence-electron chi connectivity index (χ1n) is 6.03. The summed E-state index contributed by atoms with van der Waals surface area (Å²) < 4.78 is 0. The molecule has 1 atom stereocenters. The molecule has 2 rings (SSSR count). The molecule has 0 saturated carbocycles. The van der Waals surface area contributed by atoms with E-state index in [2.05, 4.69) is 29.1 Å². The van der Waals surface area contributed by atoms with Crippen LogP contribution in [-0.4, -0.2) is 11.5 Å². The van der Waals surface area contributed by atoms with Crippen LogP contribution in [0.3, 0.4) is 0 Å². The molecule has 1 heterocycles. The second-order valence-electron chi connectivity index (χ2n) is 4.05. The molecule has 0 amide bonds. The van der Waals surface area contributed by atoms with Crippen LogP contribution in [0.25, 0.3) is 0 Å². The van der Waals surface area contributed by atoms with Crippen molar-refractivity contribution in [2.24, 2.45) is 0 Å².